The predicted octanol–water partition coefficient (Wildman–Crippen LogP) is 4.70. The Labute approximate surface area is 235 Å². The van der Waals surface area contributed by atoms with Crippen LogP contribution >= 0.6 is 0 Å². The van der Waals surface area contributed by atoms with Crippen molar-refractivity contribution in [3.05, 3.63) is 23.8 Å². The Balaban J connectivity index is 1.59. The molecule has 0 bridgehead atoms. The van der Waals surface area contributed by atoms with Crippen LogP contribution in [0.4, 0.5) is 4.39 Å². The highest BCUT2D eigenvalue weighted by Crippen LogP contribution is 2.73. The molecule has 7 nitrogen and oxygen atoms in total. The summed E-state index contributed by atoms with van der Waals surface area (Å²) >= 11 is 0. The van der Waals surface area contributed by atoms with E-state index < -0.39 is 76.2 Å². The van der Waals surface area contributed by atoms with E-state index in [-0.39, 0.29) is 23.0 Å². The molecular formula is C32H43FO7. The Morgan fingerprint density at radius 3 is 2.27 bits per heavy atom. The molecule has 0 spiro atoms. The number of carbonyl (C=O) groups is 4. The van der Waals surface area contributed by atoms with Gasteiger partial charge in [-0.15, -0.1) is 0 Å². The number of Topliss-reactive ketones (excluding diaryl/α,β-unsaturated/α-hetero) is 1. The molecule has 1 N–H and O–H groups in total. The van der Waals surface area contributed by atoms with Gasteiger partial charge in [0.05, 0.1) is 12.0 Å². The Morgan fingerprint density at radius 1 is 1.07 bits per heavy atom. The van der Waals surface area contributed by atoms with Crippen molar-refractivity contribution in [2.24, 2.45) is 45.3 Å². The number of aliphatic hydroxyl groups excluding tert-OH is 1. The summed E-state index contributed by atoms with van der Waals surface area (Å²) in [5.74, 6) is -3.80. The maximum atomic E-state index is 17.6. The minimum Gasteiger partial charge on any atom is -0.458 e. The van der Waals surface area contributed by atoms with Gasteiger partial charge in [0.2, 0.25) is 5.78 Å². The number of esters is 2. The summed E-state index contributed by atoms with van der Waals surface area (Å²) in [4.78, 5) is 51.8. The van der Waals surface area contributed by atoms with Crippen LogP contribution in [-0.2, 0) is 28.7 Å². The number of allylic oxidation sites excluding steroid dienone is 4. The minimum atomic E-state index is -2.07. The van der Waals surface area contributed by atoms with Gasteiger partial charge in [0, 0.05) is 29.6 Å². The lowest BCUT2D eigenvalue weighted by Gasteiger charge is -2.62. The number of ketones is 2. The van der Waals surface area contributed by atoms with Crippen LogP contribution < -0.4 is 0 Å². The smallest absolute Gasteiger partial charge is 0.311 e. The maximum absolute atomic E-state index is 17.6. The van der Waals surface area contributed by atoms with Crippen LogP contribution in [0.1, 0.15) is 81.1 Å². The molecule has 0 saturated heterocycles. The van der Waals surface area contributed by atoms with E-state index in [0.29, 0.717) is 24.8 Å². The molecule has 8 heteroatoms. The first-order chi connectivity index (χ1) is 18.3. The zero-order valence-electron chi connectivity index (χ0n) is 24.9. The van der Waals surface area contributed by atoms with Crippen molar-refractivity contribution in [3.63, 3.8) is 0 Å². The molecule has 5 aliphatic rings. The van der Waals surface area contributed by atoms with Crippen LogP contribution in [0, 0.1) is 45.3 Å². The van der Waals surface area contributed by atoms with Gasteiger partial charge >= 0.3 is 11.9 Å². The van der Waals surface area contributed by atoms with Crippen molar-refractivity contribution in [2.75, 3.05) is 6.61 Å². The molecule has 0 heterocycles. The average molecular weight is 559 g/mol. The monoisotopic (exact) mass is 558 g/mol. The highest BCUT2D eigenvalue weighted by Gasteiger charge is 2.78. The van der Waals surface area contributed by atoms with Gasteiger partial charge in [0.1, 0.15) is 0 Å². The van der Waals surface area contributed by atoms with E-state index in [2.05, 4.69) is 0 Å². The molecule has 4 fully saturated rings. The first-order valence-electron chi connectivity index (χ1n) is 14.5. The Hall–Kier alpha value is -2.35. The lowest BCUT2D eigenvalue weighted by atomic mass is 9.44. The molecule has 0 aromatic carbocycles. The fourth-order valence-corrected chi connectivity index (χ4v) is 9.68. The first kappa shape index (κ1) is 29.2. The van der Waals surface area contributed by atoms with Gasteiger partial charge in [-0.25, -0.2) is 4.39 Å². The molecule has 220 valence electrons. The van der Waals surface area contributed by atoms with E-state index >= 15 is 4.39 Å². The third-order valence-corrected chi connectivity index (χ3v) is 12.5. The molecular weight excluding hydrogens is 515 g/mol. The van der Waals surface area contributed by atoms with E-state index in [1.807, 2.05) is 41.5 Å². The number of aliphatic hydroxyl groups is 1. The number of halogens is 1. The van der Waals surface area contributed by atoms with E-state index in [0.717, 1.165) is 0 Å². The highest BCUT2D eigenvalue weighted by molar-refractivity contribution is 6.01. The summed E-state index contributed by atoms with van der Waals surface area (Å²) < 4.78 is 29.1. The molecule has 0 amide bonds. The first-order valence-corrected chi connectivity index (χ1v) is 14.5. The normalized spacial score (nSPS) is 44.5. The molecule has 0 aromatic rings. The number of hydrogen-bond acceptors (Lipinski definition) is 7. The van der Waals surface area contributed by atoms with Crippen LogP contribution in [0.2, 0.25) is 0 Å². The molecule has 0 aromatic heterocycles. The van der Waals surface area contributed by atoms with Crippen LogP contribution in [0.5, 0.6) is 0 Å². The van der Waals surface area contributed by atoms with Gasteiger partial charge in [0.15, 0.2) is 23.7 Å². The lowest BCUT2D eigenvalue weighted by molar-refractivity contribution is -0.229. The van der Waals surface area contributed by atoms with E-state index in [1.54, 1.807) is 13.0 Å². The molecule has 0 radical (unpaired) electrons. The third kappa shape index (κ3) is 3.37. The second-order valence-electron chi connectivity index (χ2n) is 14.6. The molecule has 5 rings (SSSR count). The summed E-state index contributed by atoms with van der Waals surface area (Å²) in [6, 6.07) is 0. The van der Waals surface area contributed by atoms with E-state index in [9.17, 15) is 24.3 Å². The standard InChI is InChI=1S/C32H43FO7/c1-17-13-22-21-10-9-19-14-20(35)11-12-29(19,7)31(21,33)23(36)15-30(22,8)32(17,24(37)16-39-18(2)34)40-26(38)25-27(3,4)28(25,5)6/h11-12,14,17,21-23,25,36H,9-10,13,15-16H2,1-8H3/t17-,21-,22-,23-,29-,30-,31-,32-/m0/s1. The summed E-state index contributed by atoms with van der Waals surface area (Å²) in [6.07, 6.45) is 4.16. The quantitative estimate of drug-likeness (QED) is 0.488. The molecule has 8 atom stereocenters. The van der Waals surface area contributed by atoms with Gasteiger partial charge < -0.3 is 14.6 Å². The molecule has 0 aliphatic heterocycles. The second-order valence-corrected chi connectivity index (χ2v) is 14.6. The number of rotatable bonds is 5. The Bertz CT molecular complexity index is 1230. The minimum absolute atomic E-state index is 0.115. The second kappa shape index (κ2) is 8.59. The highest BCUT2D eigenvalue weighted by atomic mass is 19.1. The van der Waals surface area contributed by atoms with Gasteiger partial charge in [-0.1, -0.05) is 53.2 Å². The van der Waals surface area contributed by atoms with Crippen molar-refractivity contribution in [1.29, 1.82) is 0 Å². The summed E-state index contributed by atoms with van der Waals surface area (Å²) in [6.45, 7) is 14.0. The van der Waals surface area contributed by atoms with Gasteiger partial charge in [-0.05, 0) is 61.5 Å². The van der Waals surface area contributed by atoms with Crippen LogP contribution in [0.25, 0.3) is 0 Å². The average Bonchev–Trinajstić information content (AvgIpc) is 3.16. The van der Waals surface area contributed by atoms with Crippen molar-refractivity contribution in [1.82, 2.24) is 0 Å². The molecule has 40 heavy (non-hydrogen) atoms. The maximum Gasteiger partial charge on any atom is 0.311 e. The summed E-state index contributed by atoms with van der Waals surface area (Å²) in [5, 5.41) is 11.7. The topological polar surface area (TPSA) is 107 Å². The van der Waals surface area contributed by atoms with Gasteiger partial charge in [-0.3, -0.25) is 19.2 Å². The lowest BCUT2D eigenvalue weighted by Crippen LogP contribution is -2.70. The van der Waals surface area contributed by atoms with Crippen molar-refractivity contribution in [2.45, 2.75) is 98.4 Å². The fraction of sp³-hybridized carbons (Fsp3) is 0.750. The van der Waals surface area contributed by atoms with Gasteiger partial charge in [-0.2, -0.15) is 0 Å². The van der Waals surface area contributed by atoms with Crippen LogP contribution in [-0.4, -0.2) is 52.6 Å². The zero-order chi connectivity index (χ0) is 29.8. The SMILES string of the molecule is CC(=O)OCC(=O)[C@@]1(OC(=O)C2C(C)(C)C2(C)C)[C@@H](C)C[C@H]2[C@@H]3CCC4=CC(=O)C=C[C@]4(C)[C@@]3(F)[C@@H](O)C[C@@]21C. The fourth-order valence-electron chi connectivity index (χ4n) is 9.68. The Kier molecular flexibility index (Phi) is 6.26. The van der Waals surface area contributed by atoms with E-state index in [4.69, 9.17) is 9.47 Å². The zero-order valence-corrected chi connectivity index (χ0v) is 24.9. The largest absolute Gasteiger partial charge is 0.458 e. The van der Waals surface area contributed by atoms with Crippen LogP contribution in [0.15, 0.2) is 23.8 Å². The van der Waals surface area contributed by atoms with E-state index in [1.165, 1.54) is 19.1 Å². The summed E-state index contributed by atoms with van der Waals surface area (Å²) in [7, 11) is 0. The molecule has 0 unspecified atom stereocenters. The van der Waals surface area contributed by atoms with Crippen molar-refractivity contribution in [3.8, 4) is 0 Å². The number of ether oxygens (including phenoxy) is 2. The number of carbonyl (C=O) groups excluding carboxylic acids is 4. The van der Waals surface area contributed by atoms with Gasteiger partial charge in [0.25, 0.3) is 0 Å². The molecule has 5 aliphatic carbocycles. The third-order valence-electron chi connectivity index (χ3n) is 12.5. The number of fused-ring (bicyclic) bond motifs is 5. The summed E-state index contributed by atoms with van der Waals surface area (Å²) in [5.41, 5.74) is -6.04. The number of alkyl halides is 1. The molecule has 4 saturated carbocycles. The number of hydrogen-bond donors (Lipinski definition) is 1. The Morgan fingerprint density at radius 2 is 1.70 bits per heavy atom. The predicted molar refractivity (Wildman–Crippen MR) is 144 cm³/mol. The van der Waals surface area contributed by atoms with Crippen molar-refractivity contribution >= 4 is 23.5 Å². The van der Waals surface area contributed by atoms with Crippen LogP contribution in [0.3, 0.4) is 0 Å². The van der Waals surface area contributed by atoms with Crippen molar-refractivity contribution < 1.29 is 38.1 Å².